The number of amides is 1. The Hall–Kier alpha value is -2.03. The van der Waals surface area contributed by atoms with Gasteiger partial charge in [0.1, 0.15) is 5.82 Å². The zero-order valence-electron chi connectivity index (χ0n) is 16.4. The molecule has 2 aliphatic rings. The zero-order chi connectivity index (χ0) is 20.3. The summed E-state index contributed by atoms with van der Waals surface area (Å²) in [6.45, 7) is 1.69. The minimum Gasteiger partial charge on any atom is -0.481 e. The van der Waals surface area contributed by atoms with Crippen molar-refractivity contribution in [1.82, 2.24) is 20.7 Å². The van der Waals surface area contributed by atoms with E-state index in [1.54, 1.807) is 6.07 Å². The first-order valence-electron chi connectivity index (χ1n) is 9.77. The van der Waals surface area contributed by atoms with E-state index in [-0.39, 0.29) is 42.1 Å². The van der Waals surface area contributed by atoms with Crippen LogP contribution in [0.4, 0.5) is 4.39 Å². The molecule has 3 N–H and O–H groups in total. The molecular weight excluding hydrogens is 363 g/mol. The Balaban J connectivity index is 1.71. The molecule has 1 aromatic carbocycles. The van der Waals surface area contributed by atoms with Crippen LogP contribution in [0.2, 0.25) is 0 Å². The lowest BCUT2D eigenvalue weighted by molar-refractivity contribution is -0.139. The van der Waals surface area contributed by atoms with E-state index in [9.17, 15) is 14.0 Å². The smallest absolute Gasteiger partial charge is 0.303 e. The Kier molecular flexibility index (Phi) is 6.64. The van der Waals surface area contributed by atoms with Crippen LogP contribution in [0.15, 0.2) is 24.3 Å². The van der Waals surface area contributed by atoms with Crippen LogP contribution in [-0.2, 0) is 9.59 Å². The van der Waals surface area contributed by atoms with Crippen molar-refractivity contribution in [3.05, 3.63) is 35.6 Å². The van der Waals surface area contributed by atoms with Crippen molar-refractivity contribution in [2.45, 2.75) is 31.3 Å². The van der Waals surface area contributed by atoms with Gasteiger partial charge in [-0.2, -0.15) is 0 Å². The third kappa shape index (κ3) is 4.68. The van der Waals surface area contributed by atoms with Gasteiger partial charge in [0.2, 0.25) is 5.91 Å². The molecule has 3 rings (SSSR count). The maximum absolute atomic E-state index is 13.6. The Labute approximate surface area is 164 Å². The number of carbonyl (C=O) groups excluding carboxylic acids is 1. The highest BCUT2D eigenvalue weighted by Gasteiger charge is 2.40. The summed E-state index contributed by atoms with van der Waals surface area (Å²) in [6.07, 6.45) is 1.48. The van der Waals surface area contributed by atoms with Crippen molar-refractivity contribution in [2.24, 2.45) is 11.8 Å². The first kappa shape index (κ1) is 20.7. The summed E-state index contributed by atoms with van der Waals surface area (Å²) in [7, 11) is 4.00. The van der Waals surface area contributed by atoms with Crippen molar-refractivity contribution < 1.29 is 19.1 Å². The predicted octanol–water partition coefficient (Wildman–Crippen LogP) is 1.23. The quantitative estimate of drug-likeness (QED) is 0.675. The molecular formula is C20H29FN4O3. The van der Waals surface area contributed by atoms with Crippen molar-refractivity contribution in [2.75, 3.05) is 33.7 Å². The number of halogens is 1. The van der Waals surface area contributed by atoms with Gasteiger partial charge in [-0.05, 0) is 50.6 Å². The van der Waals surface area contributed by atoms with Crippen LogP contribution < -0.4 is 10.9 Å². The molecule has 2 unspecified atom stereocenters. The summed E-state index contributed by atoms with van der Waals surface area (Å²) in [5, 5.41) is 9.06. The zero-order valence-corrected chi connectivity index (χ0v) is 16.4. The molecule has 0 aromatic heterocycles. The van der Waals surface area contributed by atoms with E-state index in [4.69, 9.17) is 5.11 Å². The van der Waals surface area contributed by atoms with E-state index in [0.29, 0.717) is 26.1 Å². The number of nitrogens with one attached hydrogen (secondary N) is 2. The van der Waals surface area contributed by atoms with Gasteiger partial charge in [0.25, 0.3) is 0 Å². The standard InChI is InChI=1S/C20H29FN4O3/c1-24(2)17-8-9-25(12-14(17)6-7-18(26)27)20(28)16-11-22-23-19(16)13-4-3-5-15(21)10-13/h3-5,10,14,16-17,19,22-23H,6-9,11-12H2,1-2H3,(H,26,27)/t14-,16?,17+,19?/m0/s1. The van der Waals surface area contributed by atoms with Crippen LogP contribution in [0.25, 0.3) is 0 Å². The fraction of sp³-hybridized carbons (Fsp3) is 0.600. The molecule has 1 amide bonds. The van der Waals surface area contributed by atoms with Gasteiger partial charge in [-0.3, -0.25) is 15.0 Å². The molecule has 2 fully saturated rings. The molecule has 0 spiro atoms. The third-order valence-corrected chi connectivity index (χ3v) is 5.90. The predicted molar refractivity (Wildman–Crippen MR) is 103 cm³/mol. The summed E-state index contributed by atoms with van der Waals surface area (Å²) in [5.41, 5.74) is 6.88. The molecule has 154 valence electrons. The van der Waals surface area contributed by atoms with Gasteiger partial charge in [-0.1, -0.05) is 12.1 Å². The fourth-order valence-electron chi connectivity index (χ4n) is 4.47. The van der Waals surface area contributed by atoms with Crippen molar-refractivity contribution >= 4 is 11.9 Å². The number of hydrogen-bond donors (Lipinski definition) is 3. The average molecular weight is 392 g/mol. The molecule has 0 bridgehead atoms. The largest absolute Gasteiger partial charge is 0.481 e. The van der Waals surface area contributed by atoms with Crippen LogP contribution >= 0.6 is 0 Å². The van der Waals surface area contributed by atoms with Crippen molar-refractivity contribution in [1.29, 1.82) is 0 Å². The molecule has 2 heterocycles. The molecule has 0 saturated carbocycles. The highest BCUT2D eigenvalue weighted by atomic mass is 19.1. The molecule has 0 aliphatic carbocycles. The topological polar surface area (TPSA) is 84.9 Å². The first-order chi connectivity index (χ1) is 13.4. The van der Waals surface area contributed by atoms with E-state index < -0.39 is 5.97 Å². The molecule has 7 nitrogen and oxygen atoms in total. The number of nitrogens with zero attached hydrogens (tertiary/aromatic N) is 2. The lowest BCUT2D eigenvalue weighted by atomic mass is 9.86. The summed E-state index contributed by atoms with van der Waals surface area (Å²) < 4.78 is 13.6. The van der Waals surface area contributed by atoms with Gasteiger partial charge in [-0.15, -0.1) is 0 Å². The van der Waals surface area contributed by atoms with Gasteiger partial charge in [0.15, 0.2) is 0 Å². The number of aliphatic carboxylic acids is 1. The van der Waals surface area contributed by atoms with E-state index >= 15 is 0 Å². The number of carbonyl (C=O) groups is 2. The van der Waals surface area contributed by atoms with E-state index in [2.05, 4.69) is 15.8 Å². The SMILES string of the molecule is CN(C)[C@@H]1CCN(C(=O)C2CNNC2c2cccc(F)c2)C[C@@H]1CCC(=O)O. The number of piperidine rings is 1. The second-order valence-corrected chi connectivity index (χ2v) is 7.96. The average Bonchev–Trinajstić information content (AvgIpc) is 3.15. The monoisotopic (exact) mass is 392 g/mol. The number of benzene rings is 1. The van der Waals surface area contributed by atoms with Gasteiger partial charge < -0.3 is 14.9 Å². The maximum atomic E-state index is 13.6. The Morgan fingerprint density at radius 1 is 1.36 bits per heavy atom. The van der Waals surface area contributed by atoms with Gasteiger partial charge in [0, 0.05) is 32.1 Å². The normalized spacial score (nSPS) is 27.9. The number of hydrazine groups is 1. The number of carboxylic acid groups (broad SMARTS) is 1. The van der Waals surface area contributed by atoms with E-state index in [1.807, 2.05) is 25.1 Å². The highest BCUT2D eigenvalue weighted by Crippen LogP contribution is 2.30. The van der Waals surface area contributed by atoms with Gasteiger partial charge in [-0.25, -0.2) is 9.82 Å². The molecule has 2 saturated heterocycles. The van der Waals surface area contributed by atoms with Crippen LogP contribution in [0.1, 0.15) is 30.9 Å². The third-order valence-electron chi connectivity index (χ3n) is 5.90. The van der Waals surface area contributed by atoms with Crippen LogP contribution in [-0.4, -0.2) is 66.6 Å². The number of carboxylic acids is 1. The van der Waals surface area contributed by atoms with Crippen molar-refractivity contribution in [3.63, 3.8) is 0 Å². The highest BCUT2D eigenvalue weighted by molar-refractivity contribution is 5.80. The summed E-state index contributed by atoms with van der Waals surface area (Å²) in [5.74, 6) is -1.30. The maximum Gasteiger partial charge on any atom is 0.303 e. The second-order valence-electron chi connectivity index (χ2n) is 7.96. The molecule has 0 radical (unpaired) electrons. The lowest BCUT2D eigenvalue weighted by Gasteiger charge is -2.42. The van der Waals surface area contributed by atoms with Crippen molar-refractivity contribution in [3.8, 4) is 0 Å². The molecule has 4 atom stereocenters. The minimum atomic E-state index is -0.809. The number of likely N-dealkylation sites (tertiary alicyclic amines) is 1. The van der Waals surface area contributed by atoms with E-state index in [0.717, 1.165) is 12.0 Å². The van der Waals surface area contributed by atoms with Crippen LogP contribution in [0.5, 0.6) is 0 Å². The summed E-state index contributed by atoms with van der Waals surface area (Å²) in [4.78, 5) is 28.3. The fourth-order valence-corrected chi connectivity index (χ4v) is 4.47. The van der Waals surface area contributed by atoms with E-state index in [1.165, 1.54) is 12.1 Å². The Morgan fingerprint density at radius 2 is 2.14 bits per heavy atom. The van der Waals surface area contributed by atoms with Crippen LogP contribution in [0, 0.1) is 17.7 Å². The number of hydrogen-bond acceptors (Lipinski definition) is 5. The minimum absolute atomic E-state index is 0.0318. The van der Waals surface area contributed by atoms with Gasteiger partial charge in [0.05, 0.1) is 12.0 Å². The first-order valence-corrected chi connectivity index (χ1v) is 9.77. The number of rotatable bonds is 6. The molecule has 28 heavy (non-hydrogen) atoms. The Bertz CT molecular complexity index is 714. The van der Waals surface area contributed by atoms with Gasteiger partial charge >= 0.3 is 5.97 Å². The molecule has 1 aromatic rings. The summed E-state index contributed by atoms with van der Waals surface area (Å²) >= 11 is 0. The second kappa shape index (κ2) is 8.98. The Morgan fingerprint density at radius 3 is 2.82 bits per heavy atom. The molecule has 2 aliphatic heterocycles. The summed E-state index contributed by atoms with van der Waals surface area (Å²) in [6, 6.07) is 6.30. The molecule has 8 heteroatoms. The van der Waals surface area contributed by atoms with Crippen LogP contribution in [0.3, 0.4) is 0 Å². The lowest BCUT2D eigenvalue weighted by Crippen LogP contribution is -2.52.